The van der Waals surface area contributed by atoms with E-state index in [0.717, 1.165) is 8.95 Å². The summed E-state index contributed by atoms with van der Waals surface area (Å²) in [5, 5.41) is 5.52. The molecule has 4 heteroatoms. The highest BCUT2D eigenvalue weighted by Crippen LogP contribution is 2.31. The first-order chi connectivity index (χ1) is 8.11. The lowest BCUT2D eigenvalue weighted by molar-refractivity contribution is 0.690. The van der Waals surface area contributed by atoms with Gasteiger partial charge in [-0.2, -0.15) is 0 Å². The van der Waals surface area contributed by atoms with Gasteiger partial charge in [0.25, 0.3) is 0 Å². The number of rotatable bonds is 3. The molecule has 1 aromatic heterocycles. The minimum atomic E-state index is 0.245. The predicted octanol–water partition coefficient (Wildman–Crippen LogP) is 4.89. The third-order valence-corrected chi connectivity index (χ3v) is 4.49. The summed E-state index contributed by atoms with van der Waals surface area (Å²) in [7, 11) is 2.00. The van der Waals surface area contributed by atoms with Crippen molar-refractivity contribution in [1.29, 1.82) is 0 Å². The number of thiophene rings is 1. The second-order valence-electron chi connectivity index (χ2n) is 3.86. The first-order valence-electron chi connectivity index (χ1n) is 5.29. The van der Waals surface area contributed by atoms with E-state index in [1.165, 1.54) is 16.0 Å². The minimum absolute atomic E-state index is 0.245. The summed E-state index contributed by atoms with van der Waals surface area (Å²) in [6.07, 6.45) is 0. The third kappa shape index (κ3) is 2.99. The molecule has 1 atom stereocenters. The molecule has 90 valence electrons. The third-order valence-electron chi connectivity index (χ3n) is 2.72. The van der Waals surface area contributed by atoms with E-state index in [9.17, 15) is 0 Å². The number of hydrogen-bond acceptors (Lipinski definition) is 2. The number of nitrogens with one attached hydrogen (secondary N) is 1. The van der Waals surface area contributed by atoms with Crippen molar-refractivity contribution >= 4 is 43.2 Å². The molecule has 17 heavy (non-hydrogen) atoms. The Hall–Kier alpha value is -0.160. The van der Waals surface area contributed by atoms with Crippen LogP contribution in [0.4, 0.5) is 0 Å². The molecule has 0 aliphatic rings. The molecule has 0 bridgehead atoms. The average Bonchev–Trinajstić information content (AvgIpc) is 2.65. The van der Waals surface area contributed by atoms with Crippen molar-refractivity contribution < 1.29 is 0 Å². The van der Waals surface area contributed by atoms with Crippen LogP contribution in [-0.4, -0.2) is 7.05 Å². The summed E-state index contributed by atoms with van der Waals surface area (Å²) in [6.45, 7) is 2.16. The van der Waals surface area contributed by atoms with E-state index in [-0.39, 0.29) is 6.04 Å². The SMILES string of the molecule is CNC(c1cc(Br)cc(Br)c1)c1ccsc1C. The van der Waals surface area contributed by atoms with E-state index in [0.29, 0.717) is 0 Å². The van der Waals surface area contributed by atoms with Crippen LogP contribution in [0.2, 0.25) is 0 Å². The summed E-state index contributed by atoms with van der Waals surface area (Å²) in [4.78, 5) is 1.36. The van der Waals surface area contributed by atoms with Gasteiger partial charge in [0.15, 0.2) is 0 Å². The van der Waals surface area contributed by atoms with Crippen molar-refractivity contribution in [2.75, 3.05) is 7.05 Å². The molecule has 0 radical (unpaired) electrons. The highest BCUT2D eigenvalue weighted by molar-refractivity contribution is 9.11. The fraction of sp³-hybridized carbons (Fsp3) is 0.231. The lowest BCUT2D eigenvalue weighted by atomic mass is 10.00. The summed E-state index contributed by atoms with van der Waals surface area (Å²) in [6, 6.07) is 8.80. The highest BCUT2D eigenvalue weighted by Gasteiger charge is 2.15. The van der Waals surface area contributed by atoms with Crippen LogP contribution in [0.25, 0.3) is 0 Å². The quantitative estimate of drug-likeness (QED) is 0.806. The van der Waals surface area contributed by atoms with Gasteiger partial charge >= 0.3 is 0 Å². The van der Waals surface area contributed by atoms with Gasteiger partial charge in [-0.05, 0) is 54.7 Å². The fourth-order valence-corrected chi connectivity index (χ4v) is 4.01. The molecular formula is C13H13Br2NS. The Kier molecular flexibility index (Phi) is 4.42. The van der Waals surface area contributed by atoms with Gasteiger partial charge in [-0.15, -0.1) is 11.3 Å². The van der Waals surface area contributed by atoms with Crippen molar-refractivity contribution in [3.63, 3.8) is 0 Å². The van der Waals surface area contributed by atoms with Crippen LogP contribution in [0.3, 0.4) is 0 Å². The second-order valence-corrected chi connectivity index (χ2v) is 6.81. The molecule has 2 rings (SSSR count). The summed E-state index contributed by atoms with van der Waals surface area (Å²) < 4.78 is 2.19. The Morgan fingerprint density at radius 1 is 1.18 bits per heavy atom. The van der Waals surface area contributed by atoms with Crippen LogP contribution < -0.4 is 5.32 Å². The average molecular weight is 375 g/mol. The number of benzene rings is 1. The van der Waals surface area contributed by atoms with E-state index < -0.39 is 0 Å². The zero-order valence-corrected chi connectivity index (χ0v) is 13.6. The molecule has 2 aromatic rings. The molecule has 0 aliphatic heterocycles. The predicted molar refractivity (Wildman–Crippen MR) is 81.8 cm³/mol. The number of halogens is 2. The minimum Gasteiger partial charge on any atom is -0.309 e. The van der Waals surface area contributed by atoms with Gasteiger partial charge in [0, 0.05) is 13.8 Å². The van der Waals surface area contributed by atoms with Gasteiger partial charge in [0.05, 0.1) is 6.04 Å². The van der Waals surface area contributed by atoms with E-state index in [1.807, 2.05) is 7.05 Å². The Morgan fingerprint density at radius 3 is 2.29 bits per heavy atom. The van der Waals surface area contributed by atoms with Crippen molar-refractivity contribution in [2.24, 2.45) is 0 Å². The molecule has 1 N–H and O–H groups in total. The van der Waals surface area contributed by atoms with E-state index >= 15 is 0 Å². The van der Waals surface area contributed by atoms with Crippen LogP contribution in [0.15, 0.2) is 38.6 Å². The number of aryl methyl sites for hydroxylation is 1. The molecule has 0 fully saturated rings. The largest absolute Gasteiger partial charge is 0.309 e. The molecule has 0 aliphatic carbocycles. The molecular weight excluding hydrogens is 362 g/mol. The van der Waals surface area contributed by atoms with Crippen LogP contribution in [0, 0.1) is 6.92 Å². The summed E-state index contributed by atoms with van der Waals surface area (Å²) in [5.74, 6) is 0. The summed E-state index contributed by atoms with van der Waals surface area (Å²) >= 11 is 8.86. The topological polar surface area (TPSA) is 12.0 Å². The maximum atomic E-state index is 3.54. The first kappa shape index (κ1) is 13.3. The van der Waals surface area contributed by atoms with Gasteiger partial charge in [-0.1, -0.05) is 31.9 Å². The van der Waals surface area contributed by atoms with Gasteiger partial charge < -0.3 is 5.32 Å². The van der Waals surface area contributed by atoms with Crippen molar-refractivity contribution in [2.45, 2.75) is 13.0 Å². The Labute approximate surface area is 123 Å². The standard InChI is InChI=1S/C13H13Br2NS/c1-8-12(3-4-17-8)13(16-2)9-5-10(14)7-11(15)6-9/h3-7,13,16H,1-2H3. The molecule has 1 nitrogen and oxygen atoms in total. The highest BCUT2D eigenvalue weighted by atomic mass is 79.9. The maximum Gasteiger partial charge on any atom is 0.0585 e. The molecule has 1 heterocycles. The Balaban J connectivity index is 2.45. The van der Waals surface area contributed by atoms with Crippen LogP contribution in [0.1, 0.15) is 22.0 Å². The van der Waals surface area contributed by atoms with E-state index in [4.69, 9.17) is 0 Å². The molecule has 0 spiro atoms. The molecule has 0 saturated heterocycles. The monoisotopic (exact) mass is 373 g/mol. The second kappa shape index (κ2) is 5.65. The first-order valence-corrected chi connectivity index (χ1v) is 7.75. The van der Waals surface area contributed by atoms with E-state index in [1.54, 1.807) is 11.3 Å². The Bertz CT molecular complexity index is 502. The van der Waals surface area contributed by atoms with Crippen molar-refractivity contribution in [3.05, 3.63) is 54.6 Å². The fourth-order valence-electron chi connectivity index (χ4n) is 1.94. The van der Waals surface area contributed by atoms with Gasteiger partial charge in [0.1, 0.15) is 0 Å². The Morgan fingerprint density at radius 2 is 1.82 bits per heavy atom. The molecule has 1 aromatic carbocycles. The van der Waals surface area contributed by atoms with Crippen LogP contribution in [0.5, 0.6) is 0 Å². The number of hydrogen-bond donors (Lipinski definition) is 1. The molecule has 1 unspecified atom stereocenters. The van der Waals surface area contributed by atoms with Crippen molar-refractivity contribution in [3.8, 4) is 0 Å². The van der Waals surface area contributed by atoms with Gasteiger partial charge in [-0.25, -0.2) is 0 Å². The summed E-state index contributed by atoms with van der Waals surface area (Å²) in [5.41, 5.74) is 2.61. The van der Waals surface area contributed by atoms with Crippen molar-refractivity contribution in [1.82, 2.24) is 5.32 Å². The maximum absolute atomic E-state index is 3.54. The zero-order chi connectivity index (χ0) is 12.4. The zero-order valence-electron chi connectivity index (χ0n) is 9.63. The van der Waals surface area contributed by atoms with Crippen LogP contribution >= 0.6 is 43.2 Å². The smallest absolute Gasteiger partial charge is 0.0585 e. The van der Waals surface area contributed by atoms with Gasteiger partial charge in [-0.3, -0.25) is 0 Å². The normalized spacial score (nSPS) is 12.7. The van der Waals surface area contributed by atoms with Crippen LogP contribution in [-0.2, 0) is 0 Å². The van der Waals surface area contributed by atoms with Gasteiger partial charge in [0.2, 0.25) is 0 Å². The lowest BCUT2D eigenvalue weighted by Crippen LogP contribution is -2.17. The molecule has 0 saturated carbocycles. The van der Waals surface area contributed by atoms with E-state index in [2.05, 4.69) is 73.7 Å². The lowest BCUT2D eigenvalue weighted by Gasteiger charge is -2.17. The molecule has 0 amide bonds.